The van der Waals surface area contributed by atoms with Crippen LogP contribution in [0.15, 0.2) is 59.7 Å². The maximum absolute atomic E-state index is 5.49. The predicted molar refractivity (Wildman–Crippen MR) is 102 cm³/mol. The van der Waals surface area contributed by atoms with Gasteiger partial charge in [-0.3, -0.25) is 0 Å². The molecule has 2 aromatic carbocycles. The minimum absolute atomic E-state index is 0.220. The highest BCUT2D eigenvalue weighted by atomic mass is 32.1. The van der Waals surface area contributed by atoms with Crippen molar-refractivity contribution in [2.75, 3.05) is 13.7 Å². The van der Waals surface area contributed by atoms with Gasteiger partial charge in [-0.15, -0.1) is 6.42 Å². The topological polar surface area (TPSA) is 36.9 Å². The zero-order chi connectivity index (χ0) is 17.2. The molecular formula is C19H19N3OS. The van der Waals surface area contributed by atoms with E-state index in [0.717, 1.165) is 11.1 Å². The third-order valence-electron chi connectivity index (χ3n) is 3.18. The molecule has 0 bridgehead atoms. The van der Waals surface area contributed by atoms with E-state index in [1.165, 1.54) is 0 Å². The third-order valence-corrected chi connectivity index (χ3v) is 3.59. The van der Waals surface area contributed by atoms with Gasteiger partial charge in [-0.25, -0.2) is 5.01 Å². The molecule has 2 rings (SSSR count). The van der Waals surface area contributed by atoms with Gasteiger partial charge in [-0.1, -0.05) is 48.4 Å². The molecule has 0 heterocycles. The average molecular weight is 337 g/mol. The Labute approximate surface area is 148 Å². The maximum atomic E-state index is 5.49. The number of rotatable bonds is 6. The van der Waals surface area contributed by atoms with Crippen LogP contribution in [-0.4, -0.2) is 30.0 Å². The van der Waals surface area contributed by atoms with E-state index >= 15 is 0 Å². The highest BCUT2D eigenvalue weighted by Crippen LogP contribution is 2.15. The van der Waals surface area contributed by atoms with Crippen LogP contribution in [0.1, 0.15) is 11.1 Å². The summed E-state index contributed by atoms with van der Waals surface area (Å²) in [6, 6.07) is 17.6. The van der Waals surface area contributed by atoms with Crippen LogP contribution in [0.2, 0.25) is 0 Å². The molecule has 122 valence electrons. The minimum Gasteiger partial charge on any atom is -0.480 e. The lowest BCUT2D eigenvalue weighted by atomic mass is 10.2. The molecule has 0 aliphatic heterocycles. The maximum Gasteiger partial charge on any atom is 0.189 e. The number of benzene rings is 2. The number of hydrogen-bond acceptors (Lipinski definition) is 3. The molecule has 0 amide bonds. The molecule has 0 unspecified atom stereocenters. The predicted octanol–water partition coefficient (Wildman–Crippen LogP) is 3.04. The van der Waals surface area contributed by atoms with Gasteiger partial charge < -0.3 is 10.1 Å². The van der Waals surface area contributed by atoms with Crippen molar-refractivity contribution in [1.82, 2.24) is 10.3 Å². The van der Waals surface area contributed by atoms with Crippen LogP contribution in [0.5, 0.6) is 5.75 Å². The molecule has 0 atom stereocenters. The number of hydrogen-bond donors (Lipinski definition) is 1. The Kier molecular flexibility index (Phi) is 6.81. The van der Waals surface area contributed by atoms with E-state index < -0.39 is 0 Å². The summed E-state index contributed by atoms with van der Waals surface area (Å²) >= 11 is 5.34. The van der Waals surface area contributed by atoms with Crippen LogP contribution in [-0.2, 0) is 6.54 Å². The summed E-state index contributed by atoms with van der Waals surface area (Å²) in [5.74, 6) is 3.14. The van der Waals surface area contributed by atoms with Crippen molar-refractivity contribution in [2.24, 2.45) is 5.10 Å². The van der Waals surface area contributed by atoms with Gasteiger partial charge in [0.2, 0.25) is 0 Å². The molecule has 24 heavy (non-hydrogen) atoms. The van der Waals surface area contributed by atoms with E-state index in [9.17, 15) is 0 Å². The van der Waals surface area contributed by atoms with Crippen molar-refractivity contribution in [3.63, 3.8) is 0 Å². The second-order valence-electron chi connectivity index (χ2n) is 4.94. The zero-order valence-corrected chi connectivity index (χ0v) is 14.3. The van der Waals surface area contributed by atoms with E-state index in [1.807, 2.05) is 54.6 Å². The first kappa shape index (κ1) is 17.5. The van der Waals surface area contributed by atoms with Crippen molar-refractivity contribution in [3.8, 4) is 18.1 Å². The van der Waals surface area contributed by atoms with E-state index in [-0.39, 0.29) is 6.61 Å². The summed E-state index contributed by atoms with van der Waals surface area (Å²) in [4.78, 5) is 0. The fraction of sp³-hybridized carbons (Fsp3) is 0.158. The van der Waals surface area contributed by atoms with Gasteiger partial charge >= 0.3 is 0 Å². The molecule has 0 fully saturated rings. The monoisotopic (exact) mass is 337 g/mol. The second kappa shape index (κ2) is 9.33. The van der Waals surface area contributed by atoms with Gasteiger partial charge in [-0.2, -0.15) is 5.10 Å². The standard InChI is InChI=1S/C19H19N3OS/c1-3-13-23-18-12-8-7-11-17(18)15-21-22(2)19(24)20-14-16-9-5-4-6-10-16/h1,4-12,15H,13-14H2,2H3,(H,20,24)/b21-15-. The quantitative estimate of drug-likeness (QED) is 0.380. The van der Waals surface area contributed by atoms with Gasteiger partial charge in [-0.05, 0) is 29.9 Å². The van der Waals surface area contributed by atoms with Gasteiger partial charge in [0.05, 0.1) is 6.21 Å². The fourth-order valence-electron chi connectivity index (χ4n) is 1.93. The molecule has 0 spiro atoms. The SMILES string of the molecule is C#CCOc1ccccc1/C=N\N(C)C(=S)NCc1ccccc1. The lowest BCUT2D eigenvalue weighted by molar-refractivity contribution is 0.370. The number of hydrazone groups is 1. The van der Waals surface area contributed by atoms with Gasteiger partial charge in [0, 0.05) is 19.2 Å². The van der Waals surface area contributed by atoms with Crippen LogP contribution in [0, 0.1) is 12.3 Å². The molecule has 0 saturated carbocycles. The number of ether oxygens (including phenoxy) is 1. The summed E-state index contributed by atoms with van der Waals surface area (Å²) in [6.07, 6.45) is 6.92. The number of thiocarbonyl (C=S) groups is 1. The molecule has 4 nitrogen and oxygen atoms in total. The summed E-state index contributed by atoms with van der Waals surface area (Å²) in [7, 11) is 1.79. The molecule has 0 aromatic heterocycles. The van der Waals surface area contributed by atoms with Crippen molar-refractivity contribution in [3.05, 3.63) is 65.7 Å². The van der Waals surface area contributed by atoms with Crippen LogP contribution >= 0.6 is 12.2 Å². The van der Waals surface area contributed by atoms with E-state index in [0.29, 0.717) is 17.4 Å². The number of terminal acetylenes is 1. The Hall–Kier alpha value is -2.84. The van der Waals surface area contributed by atoms with Gasteiger partial charge in [0.25, 0.3) is 0 Å². The average Bonchev–Trinajstić information content (AvgIpc) is 2.63. The van der Waals surface area contributed by atoms with Crippen LogP contribution in [0.25, 0.3) is 0 Å². The van der Waals surface area contributed by atoms with Crippen molar-refractivity contribution in [2.45, 2.75) is 6.54 Å². The fourth-order valence-corrected chi connectivity index (χ4v) is 2.05. The lowest BCUT2D eigenvalue weighted by Gasteiger charge is -2.16. The number of para-hydroxylation sites is 1. The van der Waals surface area contributed by atoms with Crippen molar-refractivity contribution >= 4 is 23.5 Å². The van der Waals surface area contributed by atoms with Crippen LogP contribution in [0.4, 0.5) is 0 Å². The molecule has 5 heteroatoms. The minimum atomic E-state index is 0.220. The first-order chi connectivity index (χ1) is 11.7. The Morgan fingerprint density at radius 3 is 2.71 bits per heavy atom. The Bertz CT molecular complexity index is 738. The van der Waals surface area contributed by atoms with E-state index in [2.05, 4.69) is 16.3 Å². The van der Waals surface area contributed by atoms with Gasteiger partial charge in [0.1, 0.15) is 12.4 Å². The first-order valence-electron chi connectivity index (χ1n) is 7.45. The first-order valence-corrected chi connectivity index (χ1v) is 7.86. The van der Waals surface area contributed by atoms with Crippen LogP contribution in [0.3, 0.4) is 0 Å². The Balaban J connectivity index is 1.93. The summed E-state index contributed by atoms with van der Waals surface area (Å²) in [6.45, 7) is 0.874. The Morgan fingerprint density at radius 1 is 1.25 bits per heavy atom. The number of nitrogens with one attached hydrogen (secondary N) is 1. The molecule has 2 aromatic rings. The smallest absolute Gasteiger partial charge is 0.189 e. The Morgan fingerprint density at radius 2 is 1.96 bits per heavy atom. The van der Waals surface area contributed by atoms with Crippen molar-refractivity contribution < 1.29 is 4.74 Å². The van der Waals surface area contributed by atoms with E-state index in [4.69, 9.17) is 23.4 Å². The normalized spacial score (nSPS) is 10.2. The zero-order valence-electron chi connectivity index (χ0n) is 13.5. The number of nitrogens with zero attached hydrogens (tertiary/aromatic N) is 2. The lowest BCUT2D eigenvalue weighted by Crippen LogP contribution is -2.33. The molecular weight excluding hydrogens is 318 g/mol. The van der Waals surface area contributed by atoms with Crippen molar-refractivity contribution in [1.29, 1.82) is 0 Å². The molecule has 0 aliphatic carbocycles. The third kappa shape index (κ3) is 5.41. The molecule has 0 radical (unpaired) electrons. The van der Waals surface area contributed by atoms with Crippen LogP contribution < -0.4 is 10.1 Å². The second-order valence-corrected chi connectivity index (χ2v) is 5.33. The highest BCUT2D eigenvalue weighted by Gasteiger charge is 2.03. The molecule has 0 aliphatic rings. The largest absolute Gasteiger partial charge is 0.480 e. The summed E-state index contributed by atoms with van der Waals surface area (Å²) in [5, 5.41) is 9.66. The highest BCUT2D eigenvalue weighted by molar-refractivity contribution is 7.80. The van der Waals surface area contributed by atoms with Gasteiger partial charge in [0.15, 0.2) is 5.11 Å². The summed E-state index contributed by atoms with van der Waals surface area (Å²) in [5.41, 5.74) is 2.00. The van der Waals surface area contributed by atoms with E-state index in [1.54, 1.807) is 18.3 Å². The molecule has 1 N–H and O–H groups in total. The molecule has 0 saturated heterocycles. The summed E-state index contributed by atoms with van der Waals surface area (Å²) < 4.78 is 5.49.